The first-order chi connectivity index (χ1) is 9.84. The van der Waals surface area contributed by atoms with Gasteiger partial charge in [-0.2, -0.15) is 0 Å². The van der Waals surface area contributed by atoms with E-state index in [0.717, 1.165) is 11.5 Å². The zero-order valence-electron chi connectivity index (χ0n) is 13.4. The van der Waals surface area contributed by atoms with E-state index in [-0.39, 0.29) is 5.16 Å². The van der Waals surface area contributed by atoms with Gasteiger partial charge >= 0.3 is 0 Å². The van der Waals surface area contributed by atoms with Gasteiger partial charge in [-0.3, -0.25) is 0 Å². The van der Waals surface area contributed by atoms with Crippen LogP contribution in [0.5, 0.6) is 11.5 Å². The fourth-order valence-corrected chi connectivity index (χ4v) is 3.02. The van der Waals surface area contributed by atoms with Crippen LogP contribution in [0, 0.1) is 13.8 Å². The highest BCUT2D eigenvalue weighted by molar-refractivity contribution is 7.49. The molecular weight excluding hydrogens is 279 g/mol. The number of benzene rings is 2. The molecular formula is C18H23O2P. The van der Waals surface area contributed by atoms with E-state index in [2.05, 4.69) is 46.8 Å². The Bertz CT molecular complexity index is 555. The highest BCUT2D eigenvalue weighted by atomic mass is 31.2. The molecule has 2 aromatic carbocycles. The Hall–Kier alpha value is -1.53. The van der Waals surface area contributed by atoms with Crippen LogP contribution in [0.1, 0.15) is 31.9 Å². The summed E-state index contributed by atoms with van der Waals surface area (Å²) in [6, 6.07) is 16.2. The van der Waals surface area contributed by atoms with Gasteiger partial charge < -0.3 is 9.05 Å². The molecule has 0 saturated carbocycles. The molecule has 0 bridgehead atoms. The summed E-state index contributed by atoms with van der Waals surface area (Å²) in [5.41, 5.74) is 2.37. The van der Waals surface area contributed by atoms with E-state index in [4.69, 9.17) is 9.05 Å². The summed E-state index contributed by atoms with van der Waals surface area (Å²) < 4.78 is 12.3. The van der Waals surface area contributed by atoms with Crippen LogP contribution in [-0.2, 0) is 0 Å². The molecule has 0 radical (unpaired) electrons. The number of hydrogen-bond donors (Lipinski definition) is 0. The molecule has 0 spiro atoms. The Morgan fingerprint density at radius 1 is 0.762 bits per heavy atom. The first-order valence-corrected chi connectivity index (χ1v) is 8.32. The van der Waals surface area contributed by atoms with Crippen LogP contribution in [0.3, 0.4) is 0 Å². The van der Waals surface area contributed by atoms with Crippen molar-refractivity contribution in [2.24, 2.45) is 0 Å². The van der Waals surface area contributed by atoms with E-state index >= 15 is 0 Å². The van der Waals surface area contributed by atoms with Crippen molar-refractivity contribution in [3.63, 3.8) is 0 Å². The Labute approximate surface area is 129 Å². The summed E-state index contributed by atoms with van der Waals surface area (Å²) in [7, 11) is -1.08. The van der Waals surface area contributed by atoms with Gasteiger partial charge in [0.25, 0.3) is 8.38 Å². The van der Waals surface area contributed by atoms with Crippen molar-refractivity contribution in [3.05, 3.63) is 59.7 Å². The average molecular weight is 302 g/mol. The van der Waals surface area contributed by atoms with Gasteiger partial charge in [-0.25, -0.2) is 0 Å². The molecule has 0 aliphatic rings. The molecule has 21 heavy (non-hydrogen) atoms. The fourth-order valence-electron chi connectivity index (χ4n) is 1.83. The van der Waals surface area contributed by atoms with Gasteiger partial charge in [0.15, 0.2) is 0 Å². The summed E-state index contributed by atoms with van der Waals surface area (Å²) in [5, 5.41) is -0.0666. The van der Waals surface area contributed by atoms with Gasteiger partial charge in [0.2, 0.25) is 0 Å². The van der Waals surface area contributed by atoms with Crippen molar-refractivity contribution in [1.82, 2.24) is 0 Å². The SMILES string of the molecule is Cc1cccc(OP(Oc2cccc(C)c2)C(C)(C)C)c1. The van der Waals surface area contributed by atoms with Crippen LogP contribution in [0.4, 0.5) is 0 Å². The molecule has 0 fully saturated rings. The summed E-state index contributed by atoms with van der Waals surface area (Å²) in [6.07, 6.45) is 0. The quantitative estimate of drug-likeness (QED) is 0.657. The third-order valence-corrected chi connectivity index (χ3v) is 4.75. The van der Waals surface area contributed by atoms with Gasteiger partial charge in [0.05, 0.1) is 5.16 Å². The first-order valence-electron chi connectivity index (χ1n) is 7.14. The highest BCUT2D eigenvalue weighted by Crippen LogP contribution is 2.51. The second-order valence-corrected chi connectivity index (χ2v) is 8.46. The number of hydrogen-bond acceptors (Lipinski definition) is 2. The highest BCUT2D eigenvalue weighted by Gasteiger charge is 2.31. The predicted molar refractivity (Wildman–Crippen MR) is 90.3 cm³/mol. The molecule has 0 unspecified atom stereocenters. The standard InChI is InChI=1S/C18H23O2P/c1-14-8-6-10-16(12-14)19-21(18(3,4)5)20-17-11-7-9-15(2)13-17/h6-13H,1-5H3. The Morgan fingerprint density at radius 3 is 1.52 bits per heavy atom. The molecule has 2 aromatic rings. The molecule has 0 amide bonds. The van der Waals surface area contributed by atoms with E-state index in [9.17, 15) is 0 Å². The molecule has 3 heteroatoms. The van der Waals surface area contributed by atoms with Gasteiger partial charge in [-0.05, 0) is 70.0 Å². The normalized spacial score (nSPS) is 11.5. The van der Waals surface area contributed by atoms with Crippen LogP contribution in [0.2, 0.25) is 0 Å². The Kier molecular flexibility index (Phi) is 4.90. The van der Waals surface area contributed by atoms with E-state index in [1.807, 2.05) is 36.4 Å². The Morgan fingerprint density at radius 2 is 1.19 bits per heavy atom. The van der Waals surface area contributed by atoms with Crippen molar-refractivity contribution in [2.75, 3.05) is 0 Å². The lowest BCUT2D eigenvalue weighted by Gasteiger charge is -2.29. The third kappa shape index (κ3) is 4.75. The van der Waals surface area contributed by atoms with Crippen LogP contribution < -0.4 is 9.05 Å². The van der Waals surface area contributed by atoms with Gasteiger partial charge in [0.1, 0.15) is 11.5 Å². The third-order valence-electron chi connectivity index (χ3n) is 2.90. The van der Waals surface area contributed by atoms with Gasteiger partial charge in [0, 0.05) is 0 Å². The lowest BCUT2D eigenvalue weighted by molar-refractivity contribution is 0.455. The van der Waals surface area contributed by atoms with E-state index in [1.165, 1.54) is 11.1 Å². The second-order valence-electron chi connectivity index (χ2n) is 6.24. The minimum Gasteiger partial charge on any atom is -0.438 e. The smallest absolute Gasteiger partial charge is 0.296 e. The molecule has 2 rings (SSSR count). The van der Waals surface area contributed by atoms with Gasteiger partial charge in [-0.1, -0.05) is 24.3 Å². The maximum absolute atomic E-state index is 6.15. The lowest BCUT2D eigenvalue weighted by atomic mass is 10.2. The summed E-state index contributed by atoms with van der Waals surface area (Å²) >= 11 is 0. The molecule has 0 aliphatic carbocycles. The zero-order chi connectivity index (χ0) is 15.5. The second kappa shape index (κ2) is 6.49. The maximum Gasteiger partial charge on any atom is 0.296 e. The van der Waals surface area contributed by atoms with Crippen molar-refractivity contribution in [3.8, 4) is 11.5 Å². The molecule has 2 nitrogen and oxygen atoms in total. The molecule has 0 aromatic heterocycles. The van der Waals surface area contributed by atoms with Crippen molar-refractivity contribution >= 4 is 8.38 Å². The summed E-state index contributed by atoms with van der Waals surface area (Å²) in [6.45, 7) is 10.6. The van der Waals surface area contributed by atoms with Crippen molar-refractivity contribution in [2.45, 2.75) is 39.8 Å². The number of aryl methyl sites for hydroxylation is 2. The minimum absolute atomic E-state index is 0.0666. The van der Waals surface area contributed by atoms with E-state index in [1.54, 1.807) is 0 Å². The van der Waals surface area contributed by atoms with Crippen LogP contribution in [-0.4, -0.2) is 5.16 Å². The zero-order valence-corrected chi connectivity index (χ0v) is 14.3. The number of rotatable bonds is 4. The maximum atomic E-state index is 6.15. The Balaban J connectivity index is 2.19. The summed E-state index contributed by atoms with van der Waals surface area (Å²) in [4.78, 5) is 0. The fraction of sp³-hybridized carbons (Fsp3) is 0.333. The molecule has 0 aliphatic heterocycles. The van der Waals surface area contributed by atoms with Crippen LogP contribution >= 0.6 is 8.38 Å². The van der Waals surface area contributed by atoms with E-state index in [0.29, 0.717) is 0 Å². The summed E-state index contributed by atoms with van der Waals surface area (Å²) in [5.74, 6) is 1.73. The van der Waals surface area contributed by atoms with E-state index < -0.39 is 8.38 Å². The lowest BCUT2D eigenvalue weighted by Crippen LogP contribution is -2.18. The monoisotopic (exact) mass is 302 g/mol. The van der Waals surface area contributed by atoms with Gasteiger partial charge in [-0.15, -0.1) is 0 Å². The topological polar surface area (TPSA) is 18.5 Å². The van der Waals surface area contributed by atoms with Crippen molar-refractivity contribution in [1.29, 1.82) is 0 Å². The minimum atomic E-state index is -1.08. The molecule has 0 N–H and O–H groups in total. The van der Waals surface area contributed by atoms with Crippen LogP contribution in [0.15, 0.2) is 48.5 Å². The van der Waals surface area contributed by atoms with Crippen LogP contribution in [0.25, 0.3) is 0 Å². The molecule has 0 atom stereocenters. The first kappa shape index (κ1) is 15.9. The largest absolute Gasteiger partial charge is 0.438 e. The van der Waals surface area contributed by atoms with Crippen molar-refractivity contribution < 1.29 is 9.05 Å². The molecule has 112 valence electrons. The predicted octanol–water partition coefficient (Wildman–Crippen LogP) is 5.87. The average Bonchev–Trinajstić information content (AvgIpc) is 2.37. The molecule has 0 saturated heterocycles. The molecule has 0 heterocycles.